The monoisotopic (exact) mass is 331 g/mol. The number of benzene rings is 1. The van der Waals surface area contributed by atoms with Gasteiger partial charge >= 0.3 is 6.09 Å². The molecular formula is C19H25NO4. The summed E-state index contributed by atoms with van der Waals surface area (Å²) < 4.78 is 17.2. The van der Waals surface area contributed by atoms with Crippen molar-refractivity contribution in [2.45, 2.75) is 32.7 Å². The number of rotatable bonds is 6. The third-order valence-electron chi connectivity index (χ3n) is 4.65. The van der Waals surface area contributed by atoms with Crippen molar-refractivity contribution in [1.29, 1.82) is 0 Å². The molecule has 0 spiro atoms. The van der Waals surface area contributed by atoms with Crippen molar-refractivity contribution in [2.24, 2.45) is 5.92 Å². The van der Waals surface area contributed by atoms with E-state index in [1.165, 1.54) is 5.57 Å². The van der Waals surface area contributed by atoms with E-state index >= 15 is 0 Å². The maximum atomic E-state index is 12.4. The van der Waals surface area contributed by atoms with Crippen LogP contribution in [0.1, 0.15) is 25.8 Å². The quantitative estimate of drug-likeness (QED) is 0.592. The molecule has 1 aliphatic carbocycles. The van der Waals surface area contributed by atoms with E-state index < -0.39 is 5.79 Å². The Labute approximate surface area is 143 Å². The Hall–Kier alpha value is -1.85. The first-order chi connectivity index (χ1) is 11.7. The van der Waals surface area contributed by atoms with Crippen LogP contribution in [0.15, 0.2) is 42.0 Å². The Morgan fingerprint density at radius 1 is 1.21 bits per heavy atom. The van der Waals surface area contributed by atoms with Gasteiger partial charge in [-0.2, -0.15) is 0 Å². The Bertz CT molecular complexity index is 593. The molecule has 2 aliphatic rings. The van der Waals surface area contributed by atoms with Crippen molar-refractivity contribution >= 4 is 6.09 Å². The molecule has 1 heterocycles. The predicted molar refractivity (Wildman–Crippen MR) is 90.4 cm³/mol. The molecule has 0 bridgehead atoms. The predicted octanol–water partition coefficient (Wildman–Crippen LogP) is 3.35. The lowest BCUT2D eigenvalue weighted by Gasteiger charge is -2.53. The lowest BCUT2D eigenvalue weighted by molar-refractivity contribution is -0.286. The molecule has 24 heavy (non-hydrogen) atoms. The van der Waals surface area contributed by atoms with Crippen molar-refractivity contribution in [2.75, 3.05) is 26.3 Å². The van der Waals surface area contributed by atoms with E-state index in [-0.39, 0.29) is 12.0 Å². The van der Waals surface area contributed by atoms with Gasteiger partial charge in [0, 0.05) is 32.7 Å². The van der Waals surface area contributed by atoms with Gasteiger partial charge in [-0.1, -0.05) is 42.0 Å². The molecule has 3 rings (SSSR count). The highest BCUT2D eigenvalue weighted by molar-refractivity contribution is 5.68. The lowest BCUT2D eigenvalue weighted by Crippen LogP contribution is -2.60. The summed E-state index contributed by atoms with van der Waals surface area (Å²) in [7, 11) is 0. The first-order valence-corrected chi connectivity index (χ1v) is 8.61. The van der Waals surface area contributed by atoms with Gasteiger partial charge in [0.25, 0.3) is 0 Å². The van der Waals surface area contributed by atoms with Crippen molar-refractivity contribution in [3.05, 3.63) is 47.5 Å². The number of hydrogen-bond acceptors (Lipinski definition) is 4. The van der Waals surface area contributed by atoms with Crippen LogP contribution in [0.25, 0.3) is 0 Å². The number of hydrogen-bond donors (Lipinski definition) is 0. The first kappa shape index (κ1) is 17.0. The number of carbonyl (C=O) groups is 1. The summed E-state index contributed by atoms with van der Waals surface area (Å²) in [5, 5.41) is 0. The number of ether oxygens (including phenoxy) is 3. The largest absolute Gasteiger partial charge is 0.445 e. The van der Waals surface area contributed by atoms with E-state index in [0.717, 1.165) is 12.0 Å². The van der Waals surface area contributed by atoms with Crippen molar-refractivity contribution in [3.63, 3.8) is 0 Å². The molecule has 1 aliphatic heterocycles. The smallest absolute Gasteiger partial charge is 0.410 e. The molecule has 0 aromatic heterocycles. The average Bonchev–Trinajstić information content (AvgIpc) is 2.60. The molecular weight excluding hydrogens is 306 g/mol. The van der Waals surface area contributed by atoms with E-state index in [9.17, 15) is 4.79 Å². The standard InChI is InChI=1S/C19H25NO4/c1-3-23-19(24-4-2)12-16-10-11-20(13-17(16)19)18(21)22-14-15-8-6-5-7-9-15/h5-10,17H,3-4,11-14H2,1-2H3. The number of carbonyl (C=O) groups excluding carboxylic acids is 1. The summed E-state index contributed by atoms with van der Waals surface area (Å²) >= 11 is 0. The van der Waals surface area contributed by atoms with E-state index in [1.807, 2.05) is 44.2 Å². The van der Waals surface area contributed by atoms with Crippen LogP contribution in [-0.4, -0.2) is 43.1 Å². The summed E-state index contributed by atoms with van der Waals surface area (Å²) in [5.41, 5.74) is 2.31. The zero-order valence-corrected chi connectivity index (χ0v) is 14.4. The number of amides is 1. The van der Waals surface area contributed by atoms with Gasteiger partial charge in [0.05, 0.1) is 5.92 Å². The maximum Gasteiger partial charge on any atom is 0.410 e. The molecule has 0 N–H and O–H groups in total. The minimum absolute atomic E-state index is 0.107. The van der Waals surface area contributed by atoms with Gasteiger partial charge in [-0.25, -0.2) is 4.79 Å². The third kappa shape index (κ3) is 3.32. The normalized spacial score (nSPS) is 21.5. The summed E-state index contributed by atoms with van der Waals surface area (Å²) in [6, 6.07) is 9.71. The van der Waals surface area contributed by atoms with Crippen LogP contribution in [0.4, 0.5) is 4.79 Å². The summed E-state index contributed by atoms with van der Waals surface area (Å²) in [6.07, 6.45) is 2.61. The zero-order valence-electron chi connectivity index (χ0n) is 14.4. The highest BCUT2D eigenvalue weighted by atomic mass is 16.7. The van der Waals surface area contributed by atoms with Gasteiger partial charge in [-0.15, -0.1) is 0 Å². The third-order valence-corrected chi connectivity index (χ3v) is 4.65. The van der Waals surface area contributed by atoms with Crippen LogP contribution in [-0.2, 0) is 20.8 Å². The van der Waals surface area contributed by atoms with Crippen LogP contribution < -0.4 is 0 Å². The maximum absolute atomic E-state index is 12.4. The minimum Gasteiger partial charge on any atom is -0.445 e. The summed E-state index contributed by atoms with van der Waals surface area (Å²) in [5.74, 6) is -0.469. The Morgan fingerprint density at radius 2 is 1.92 bits per heavy atom. The lowest BCUT2D eigenvalue weighted by atomic mass is 9.70. The fourth-order valence-electron chi connectivity index (χ4n) is 3.47. The fourth-order valence-corrected chi connectivity index (χ4v) is 3.47. The van der Waals surface area contributed by atoms with Crippen molar-refractivity contribution in [3.8, 4) is 0 Å². The van der Waals surface area contributed by atoms with Gasteiger partial charge in [0.1, 0.15) is 6.61 Å². The van der Waals surface area contributed by atoms with Crippen LogP contribution >= 0.6 is 0 Å². The molecule has 0 saturated heterocycles. The second kappa shape index (κ2) is 7.36. The molecule has 0 radical (unpaired) electrons. The second-order valence-corrected chi connectivity index (χ2v) is 6.13. The second-order valence-electron chi connectivity index (χ2n) is 6.13. The molecule has 1 saturated carbocycles. The van der Waals surface area contributed by atoms with Gasteiger partial charge in [0.15, 0.2) is 5.79 Å². The molecule has 130 valence electrons. The molecule has 1 aromatic carbocycles. The first-order valence-electron chi connectivity index (χ1n) is 8.61. The van der Waals surface area contributed by atoms with E-state index in [2.05, 4.69) is 6.08 Å². The van der Waals surface area contributed by atoms with Crippen LogP contribution in [0.2, 0.25) is 0 Å². The van der Waals surface area contributed by atoms with Crippen LogP contribution in [0.3, 0.4) is 0 Å². The van der Waals surface area contributed by atoms with Gasteiger partial charge in [-0.3, -0.25) is 0 Å². The van der Waals surface area contributed by atoms with Crippen LogP contribution in [0, 0.1) is 5.92 Å². The number of nitrogens with zero attached hydrogens (tertiary/aromatic N) is 1. The van der Waals surface area contributed by atoms with Crippen LogP contribution in [0.5, 0.6) is 0 Å². The van der Waals surface area contributed by atoms with E-state index in [0.29, 0.717) is 32.9 Å². The van der Waals surface area contributed by atoms with Gasteiger partial charge < -0.3 is 19.1 Å². The SMILES string of the molecule is CCOC1(OCC)CC2=CCN(C(=O)OCc3ccccc3)CC21. The topological polar surface area (TPSA) is 48.0 Å². The molecule has 1 aromatic rings. The highest BCUT2D eigenvalue weighted by Crippen LogP contribution is 2.49. The fraction of sp³-hybridized carbons (Fsp3) is 0.526. The molecule has 5 nitrogen and oxygen atoms in total. The van der Waals surface area contributed by atoms with Gasteiger partial charge in [0.2, 0.25) is 0 Å². The Kier molecular flexibility index (Phi) is 5.21. The Morgan fingerprint density at radius 3 is 2.58 bits per heavy atom. The molecule has 1 unspecified atom stereocenters. The van der Waals surface area contributed by atoms with Crippen molar-refractivity contribution < 1.29 is 19.0 Å². The van der Waals surface area contributed by atoms with Crippen molar-refractivity contribution in [1.82, 2.24) is 4.90 Å². The summed E-state index contributed by atoms with van der Waals surface area (Å²) in [4.78, 5) is 14.1. The molecule has 5 heteroatoms. The van der Waals surface area contributed by atoms with E-state index in [4.69, 9.17) is 14.2 Å². The average molecular weight is 331 g/mol. The van der Waals surface area contributed by atoms with E-state index in [1.54, 1.807) is 4.90 Å². The summed E-state index contributed by atoms with van der Waals surface area (Å²) in [6.45, 7) is 6.60. The minimum atomic E-state index is -0.576. The molecule has 1 atom stereocenters. The molecule has 1 fully saturated rings. The highest BCUT2D eigenvalue weighted by Gasteiger charge is 2.54. The van der Waals surface area contributed by atoms with Gasteiger partial charge in [-0.05, 0) is 19.4 Å². The Balaban J connectivity index is 1.59. The zero-order chi connectivity index (χ0) is 17.0. The molecule has 1 amide bonds. The number of fused-ring (bicyclic) bond motifs is 1.